The fraction of sp³-hybridized carbons (Fsp3) is 0.222. The SMILES string of the molecule is Cn1ncc(-c2ccc3c(c2)CCC3N=O)c1-c1ccncc1. The van der Waals surface area contributed by atoms with Crippen LogP contribution in [-0.4, -0.2) is 14.8 Å². The second-order valence-corrected chi connectivity index (χ2v) is 5.84. The van der Waals surface area contributed by atoms with Crippen molar-refractivity contribution in [2.45, 2.75) is 18.9 Å². The van der Waals surface area contributed by atoms with Crippen LogP contribution in [-0.2, 0) is 13.5 Å². The Labute approximate surface area is 134 Å². The number of nitrogens with zero attached hydrogens (tertiary/aromatic N) is 4. The van der Waals surface area contributed by atoms with Crippen LogP contribution in [0.2, 0.25) is 0 Å². The van der Waals surface area contributed by atoms with Crippen LogP contribution in [0.25, 0.3) is 22.4 Å². The van der Waals surface area contributed by atoms with Crippen LogP contribution < -0.4 is 0 Å². The number of fused-ring (bicyclic) bond motifs is 1. The molecule has 0 bridgehead atoms. The molecule has 2 heterocycles. The highest BCUT2D eigenvalue weighted by molar-refractivity contribution is 5.81. The number of aromatic nitrogens is 3. The molecule has 0 radical (unpaired) electrons. The van der Waals surface area contributed by atoms with Crippen molar-refractivity contribution in [3.63, 3.8) is 0 Å². The van der Waals surface area contributed by atoms with Crippen LogP contribution >= 0.6 is 0 Å². The van der Waals surface area contributed by atoms with E-state index in [-0.39, 0.29) is 6.04 Å². The van der Waals surface area contributed by atoms with Crippen molar-refractivity contribution >= 4 is 0 Å². The minimum atomic E-state index is -0.187. The van der Waals surface area contributed by atoms with Gasteiger partial charge < -0.3 is 0 Å². The van der Waals surface area contributed by atoms with Crippen molar-refractivity contribution in [1.29, 1.82) is 0 Å². The van der Waals surface area contributed by atoms with Crippen LogP contribution in [0.1, 0.15) is 23.6 Å². The maximum atomic E-state index is 10.9. The number of benzene rings is 1. The summed E-state index contributed by atoms with van der Waals surface area (Å²) in [5.41, 5.74) is 6.65. The van der Waals surface area contributed by atoms with Gasteiger partial charge in [-0.2, -0.15) is 10.0 Å². The van der Waals surface area contributed by atoms with Crippen molar-refractivity contribution < 1.29 is 0 Å². The Morgan fingerprint density at radius 1 is 1.17 bits per heavy atom. The highest BCUT2D eigenvalue weighted by Gasteiger charge is 2.24. The largest absolute Gasteiger partial charge is 0.267 e. The number of pyridine rings is 1. The molecule has 0 aliphatic heterocycles. The molecule has 0 N–H and O–H groups in total. The molecule has 5 heteroatoms. The van der Waals surface area contributed by atoms with E-state index in [2.05, 4.69) is 27.4 Å². The second kappa shape index (κ2) is 5.43. The standard InChI is InChI=1S/C18H16N4O/c1-22-18(12-6-8-19-9-7-12)16(11-20-22)14-2-4-15-13(10-14)3-5-17(15)21-23/h2,4,6-11,17H,3,5H2,1H3. The summed E-state index contributed by atoms with van der Waals surface area (Å²) in [6, 6.07) is 10.0. The molecule has 0 saturated carbocycles. The highest BCUT2D eigenvalue weighted by atomic mass is 16.3. The lowest BCUT2D eigenvalue weighted by Crippen LogP contribution is -1.95. The molecule has 5 nitrogen and oxygen atoms in total. The van der Waals surface area contributed by atoms with Gasteiger partial charge in [-0.15, -0.1) is 0 Å². The third-order valence-corrected chi connectivity index (χ3v) is 4.52. The Kier molecular flexibility index (Phi) is 3.26. The first-order chi connectivity index (χ1) is 11.3. The summed E-state index contributed by atoms with van der Waals surface area (Å²) in [5, 5.41) is 7.65. The molecular formula is C18H16N4O. The van der Waals surface area contributed by atoms with Crippen LogP contribution in [0.5, 0.6) is 0 Å². The minimum Gasteiger partial charge on any atom is -0.267 e. The van der Waals surface area contributed by atoms with Gasteiger partial charge in [0.05, 0.1) is 11.9 Å². The van der Waals surface area contributed by atoms with Gasteiger partial charge in [-0.1, -0.05) is 23.4 Å². The average molecular weight is 304 g/mol. The highest BCUT2D eigenvalue weighted by Crippen LogP contribution is 2.38. The van der Waals surface area contributed by atoms with E-state index in [1.165, 1.54) is 5.56 Å². The second-order valence-electron chi connectivity index (χ2n) is 5.84. The van der Waals surface area contributed by atoms with Gasteiger partial charge >= 0.3 is 0 Å². The number of hydrogen-bond donors (Lipinski definition) is 0. The molecule has 1 unspecified atom stereocenters. The number of aryl methyl sites for hydroxylation is 2. The summed E-state index contributed by atoms with van der Waals surface area (Å²) >= 11 is 0. The Morgan fingerprint density at radius 2 is 2.00 bits per heavy atom. The van der Waals surface area contributed by atoms with Crippen molar-refractivity contribution in [2.75, 3.05) is 0 Å². The molecule has 0 fully saturated rings. The minimum absolute atomic E-state index is 0.187. The quantitative estimate of drug-likeness (QED) is 0.689. The lowest BCUT2D eigenvalue weighted by atomic mass is 9.98. The zero-order chi connectivity index (χ0) is 15.8. The fourth-order valence-electron chi connectivity index (χ4n) is 3.37. The molecule has 2 aromatic heterocycles. The third kappa shape index (κ3) is 2.25. The maximum absolute atomic E-state index is 10.9. The van der Waals surface area contributed by atoms with E-state index in [1.807, 2.05) is 36.1 Å². The molecule has 0 amide bonds. The fourth-order valence-corrected chi connectivity index (χ4v) is 3.37. The molecule has 1 aliphatic rings. The van der Waals surface area contributed by atoms with Crippen molar-refractivity contribution in [3.8, 4) is 22.4 Å². The van der Waals surface area contributed by atoms with Crippen molar-refractivity contribution in [1.82, 2.24) is 14.8 Å². The summed E-state index contributed by atoms with van der Waals surface area (Å²) in [5.74, 6) is 0. The van der Waals surface area contributed by atoms with Gasteiger partial charge in [0.2, 0.25) is 0 Å². The Bertz CT molecular complexity index is 870. The maximum Gasteiger partial charge on any atom is 0.117 e. The van der Waals surface area contributed by atoms with Crippen LogP contribution in [0, 0.1) is 4.91 Å². The summed E-state index contributed by atoms with van der Waals surface area (Å²) < 4.78 is 1.88. The molecule has 1 aromatic carbocycles. The monoisotopic (exact) mass is 304 g/mol. The lowest BCUT2D eigenvalue weighted by molar-refractivity contribution is 0.710. The van der Waals surface area contributed by atoms with E-state index in [0.717, 1.165) is 40.8 Å². The van der Waals surface area contributed by atoms with Crippen LogP contribution in [0.15, 0.2) is 54.1 Å². The number of nitroso groups, excluding NO2 is 1. The predicted octanol–water partition coefficient (Wildman–Crippen LogP) is 3.90. The van der Waals surface area contributed by atoms with E-state index < -0.39 is 0 Å². The van der Waals surface area contributed by atoms with Crippen molar-refractivity contribution in [3.05, 3.63) is 65.0 Å². The lowest BCUT2D eigenvalue weighted by Gasteiger charge is -2.09. The number of rotatable bonds is 3. The Morgan fingerprint density at radius 3 is 2.78 bits per heavy atom. The van der Waals surface area contributed by atoms with Gasteiger partial charge in [0.15, 0.2) is 0 Å². The molecule has 1 aliphatic carbocycles. The molecule has 0 saturated heterocycles. The molecular weight excluding hydrogens is 288 g/mol. The van der Waals surface area contributed by atoms with Gasteiger partial charge in [0.25, 0.3) is 0 Å². The zero-order valence-corrected chi connectivity index (χ0v) is 12.8. The van der Waals surface area contributed by atoms with Gasteiger partial charge in [-0.25, -0.2) is 0 Å². The zero-order valence-electron chi connectivity index (χ0n) is 12.8. The van der Waals surface area contributed by atoms with E-state index in [1.54, 1.807) is 12.4 Å². The van der Waals surface area contributed by atoms with E-state index >= 15 is 0 Å². The average Bonchev–Trinajstić information content (AvgIpc) is 3.18. The van der Waals surface area contributed by atoms with Gasteiger partial charge in [0.1, 0.15) is 6.04 Å². The Hall–Kier alpha value is -2.82. The van der Waals surface area contributed by atoms with E-state index in [9.17, 15) is 4.91 Å². The molecule has 4 rings (SSSR count). The first-order valence-electron chi connectivity index (χ1n) is 7.66. The Balaban J connectivity index is 1.83. The number of hydrogen-bond acceptors (Lipinski definition) is 4. The summed E-state index contributed by atoms with van der Waals surface area (Å²) in [7, 11) is 1.94. The summed E-state index contributed by atoms with van der Waals surface area (Å²) in [6.45, 7) is 0. The molecule has 3 aromatic rings. The molecule has 0 spiro atoms. The van der Waals surface area contributed by atoms with Gasteiger partial charge in [0, 0.05) is 30.6 Å². The third-order valence-electron chi connectivity index (χ3n) is 4.52. The van der Waals surface area contributed by atoms with Crippen LogP contribution in [0.3, 0.4) is 0 Å². The smallest absolute Gasteiger partial charge is 0.117 e. The normalized spacial score (nSPS) is 16.3. The van der Waals surface area contributed by atoms with Gasteiger partial charge in [-0.3, -0.25) is 9.67 Å². The first-order valence-corrected chi connectivity index (χ1v) is 7.66. The molecule has 1 atom stereocenters. The molecule has 114 valence electrons. The molecule has 23 heavy (non-hydrogen) atoms. The van der Waals surface area contributed by atoms with Crippen molar-refractivity contribution in [2.24, 2.45) is 12.2 Å². The van der Waals surface area contributed by atoms with Gasteiger partial charge in [-0.05, 0) is 41.7 Å². The topological polar surface area (TPSA) is 60.1 Å². The predicted molar refractivity (Wildman–Crippen MR) is 88.7 cm³/mol. The first kappa shape index (κ1) is 13.8. The summed E-state index contributed by atoms with van der Waals surface area (Å²) in [4.78, 5) is 15.0. The van der Waals surface area contributed by atoms with E-state index in [4.69, 9.17) is 0 Å². The van der Waals surface area contributed by atoms with E-state index in [0.29, 0.717) is 0 Å². The van der Waals surface area contributed by atoms with Crippen LogP contribution in [0.4, 0.5) is 0 Å². The summed E-state index contributed by atoms with van der Waals surface area (Å²) in [6.07, 6.45) is 7.18.